The molecule has 20 heavy (non-hydrogen) atoms. The van der Waals surface area contributed by atoms with Crippen LogP contribution in [0.1, 0.15) is 9.67 Å². The van der Waals surface area contributed by atoms with Crippen LogP contribution in [0.2, 0.25) is 0 Å². The van der Waals surface area contributed by atoms with Crippen molar-refractivity contribution in [3.05, 3.63) is 33.5 Å². The number of hydrogen-bond acceptors (Lipinski definition) is 5. The first kappa shape index (κ1) is 15.2. The number of nitrogens with zero attached hydrogens (tertiary/aromatic N) is 2. The van der Waals surface area contributed by atoms with Gasteiger partial charge < -0.3 is 9.67 Å². The molecule has 2 aromatic heterocycles. The van der Waals surface area contributed by atoms with Gasteiger partial charge in [0.05, 0.1) is 10.1 Å². The predicted molar refractivity (Wildman–Crippen MR) is 76.4 cm³/mol. The van der Waals surface area contributed by atoms with E-state index in [1.807, 2.05) is 0 Å². The van der Waals surface area contributed by atoms with E-state index >= 15 is 0 Å². The Morgan fingerprint density at radius 2 is 2.30 bits per heavy atom. The fourth-order valence-corrected chi connectivity index (χ4v) is 4.87. The molecule has 0 spiro atoms. The second-order valence-corrected chi connectivity index (χ2v) is 7.86. The van der Waals surface area contributed by atoms with E-state index in [1.54, 1.807) is 23.3 Å². The number of carboxylic acid groups (broad SMARTS) is 1. The maximum absolute atomic E-state index is 12.1. The van der Waals surface area contributed by atoms with Crippen LogP contribution in [-0.4, -0.2) is 35.6 Å². The van der Waals surface area contributed by atoms with E-state index in [1.165, 1.54) is 0 Å². The van der Waals surface area contributed by atoms with Crippen molar-refractivity contribution in [3.63, 3.8) is 0 Å². The standard InChI is InChI=1S/C10H10BrN3O4S2/c11-9-8(5-7(19-9)10(15)16)20(17,18)13-2-4-14-3-1-12-6-14/h1,3,5-6,13H,2,4H2,(H,15,16). The summed E-state index contributed by atoms with van der Waals surface area (Å²) in [6.07, 6.45) is 4.90. The molecular formula is C10H10BrN3O4S2. The van der Waals surface area contributed by atoms with Crippen molar-refractivity contribution in [2.24, 2.45) is 0 Å². The highest BCUT2D eigenvalue weighted by Gasteiger charge is 2.22. The summed E-state index contributed by atoms with van der Waals surface area (Å²) >= 11 is 3.94. The van der Waals surface area contributed by atoms with Crippen LogP contribution >= 0.6 is 27.3 Å². The van der Waals surface area contributed by atoms with Crippen molar-refractivity contribution in [3.8, 4) is 0 Å². The zero-order valence-electron chi connectivity index (χ0n) is 9.98. The quantitative estimate of drug-likeness (QED) is 0.789. The Hall–Kier alpha value is -1.23. The largest absolute Gasteiger partial charge is 0.477 e. The number of nitrogens with one attached hydrogen (secondary N) is 1. The van der Waals surface area contributed by atoms with Crippen LogP contribution in [0.3, 0.4) is 0 Å². The first-order valence-corrected chi connectivity index (χ1v) is 8.47. The maximum atomic E-state index is 12.1. The highest BCUT2D eigenvalue weighted by Crippen LogP contribution is 2.31. The second-order valence-electron chi connectivity index (χ2n) is 3.75. The fourth-order valence-electron chi connectivity index (χ4n) is 1.45. The maximum Gasteiger partial charge on any atom is 0.345 e. The van der Waals surface area contributed by atoms with Gasteiger partial charge in [-0.05, 0) is 22.0 Å². The number of carbonyl (C=O) groups is 1. The third kappa shape index (κ3) is 3.45. The summed E-state index contributed by atoms with van der Waals surface area (Å²) in [6.45, 7) is 0.621. The monoisotopic (exact) mass is 379 g/mol. The van der Waals surface area contributed by atoms with Gasteiger partial charge in [-0.3, -0.25) is 0 Å². The number of imidazole rings is 1. The lowest BCUT2D eigenvalue weighted by Gasteiger charge is -2.06. The predicted octanol–water partition coefficient (Wildman–Crippen LogP) is 1.38. The molecule has 0 bridgehead atoms. The van der Waals surface area contributed by atoms with Crippen LogP contribution in [0.15, 0.2) is 33.5 Å². The molecule has 0 radical (unpaired) electrons. The van der Waals surface area contributed by atoms with Crippen LogP contribution in [-0.2, 0) is 16.6 Å². The number of thiophene rings is 1. The van der Waals surface area contributed by atoms with Crippen LogP contribution in [0.5, 0.6) is 0 Å². The van der Waals surface area contributed by atoms with E-state index in [4.69, 9.17) is 5.11 Å². The van der Waals surface area contributed by atoms with Crippen LogP contribution in [0.4, 0.5) is 0 Å². The average molecular weight is 380 g/mol. The molecule has 2 heterocycles. The second kappa shape index (κ2) is 6.04. The lowest BCUT2D eigenvalue weighted by Crippen LogP contribution is -2.27. The summed E-state index contributed by atoms with van der Waals surface area (Å²) in [5.41, 5.74) is 0. The van der Waals surface area contributed by atoms with E-state index in [0.717, 1.165) is 17.4 Å². The van der Waals surface area contributed by atoms with Crippen LogP contribution < -0.4 is 4.72 Å². The van der Waals surface area contributed by atoms with Gasteiger partial charge in [0.1, 0.15) is 9.77 Å². The zero-order chi connectivity index (χ0) is 14.8. The minimum absolute atomic E-state index is 0.0353. The summed E-state index contributed by atoms with van der Waals surface area (Å²) in [6, 6.07) is 1.14. The summed E-state index contributed by atoms with van der Waals surface area (Å²) in [7, 11) is -3.74. The van der Waals surface area contributed by atoms with Crippen molar-refractivity contribution in [2.45, 2.75) is 11.4 Å². The molecule has 0 fully saturated rings. The smallest absolute Gasteiger partial charge is 0.345 e. The minimum Gasteiger partial charge on any atom is -0.477 e. The molecule has 0 aliphatic carbocycles. The van der Waals surface area contributed by atoms with Gasteiger partial charge >= 0.3 is 5.97 Å². The molecule has 0 aliphatic heterocycles. The molecule has 0 unspecified atom stereocenters. The Bertz CT molecular complexity index is 709. The lowest BCUT2D eigenvalue weighted by molar-refractivity contribution is 0.0702. The molecule has 2 N–H and O–H groups in total. The van der Waals surface area contributed by atoms with Gasteiger partial charge in [0.15, 0.2) is 0 Å². The number of halogens is 1. The van der Waals surface area contributed by atoms with Crippen molar-refractivity contribution >= 4 is 43.3 Å². The fraction of sp³-hybridized carbons (Fsp3) is 0.200. The van der Waals surface area contributed by atoms with Crippen LogP contribution in [0.25, 0.3) is 0 Å². The van der Waals surface area contributed by atoms with Gasteiger partial charge in [0, 0.05) is 25.5 Å². The molecule has 0 saturated carbocycles. The first-order valence-electron chi connectivity index (χ1n) is 5.38. The number of sulfonamides is 1. The van der Waals surface area contributed by atoms with Gasteiger partial charge in [-0.2, -0.15) is 0 Å². The number of aromatic carboxylic acids is 1. The molecular weight excluding hydrogens is 370 g/mol. The van der Waals surface area contributed by atoms with Gasteiger partial charge in [0.25, 0.3) is 0 Å². The highest BCUT2D eigenvalue weighted by molar-refractivity contribution is 9.11. The summed E-state index contributed by atoms with van der Waals surface area (Å²) in [5, 5.41) is 8.85. The molecule has 0 atom stereocenters. The molecule has 2 aromatic rings. The number of rotatable bonds is 6. The number of aromatic nitrogens is 2. The van der Waals surface area contributed by atoms with Gasteiger partial charge in [-0.1, -0.05) is 0 Å². The van der Waals surface area contributed by atoms with Crippen molar-refractivity contribution < 1.29 is 18.3 Å². The Labute approximate surface area is 127 Å². The molecule has 7 nitrogen and oxygen atoms in total. The van der Waals surface area contributed by atoms with Crippen LogP contribution in [0, 0.1) is 0 Å². The lowest BCUT2D eigenvalue weighted by atomic mass is 10.5. The topological polar surface area (TPSA) is 101 Å². The van der Waals surface area contributed by atoms with E-state index in [0.29, 0.717) is 6.54 Å². The molecule has 0 aliphatic rings. The van der Waals surface area contributed by atoms with E-state index in [2.05, 4.69) is 25.6 Å². The Morgan fingerprint density at radius 1 is 1.55 bits per heavy atom. The molecule has 0 amide bonds. The number of carboxylic acids is 1. The third-order valence-electron chi connectivity index (χ3n) is 2.38. The zero-order valence-corrected chi connectivity index (χ0v) is 13.2. The average Bonchev–Trinajstić information content (AvgIpc) is 2.98. The summed E-state index contributed by atoms with van der Waals surface area (Å²) in [4.78, 5) is 14.6. The first-order chi connectivity index (χ1) is 9.40. The number of hydrogen-bond donors (Lipinski definition) is 2. The Balaban J connectivity index is 2.08. The van der Waals surface area contributed by atoms with Crippen molar-refractivity contribution in [1.82, 2.24) is 14.3 Å². The van der Waals surface area contributed by atoms with Crippen molar-refractivity contribution in [2.75, 3.05) is 6.54 Å². The normalized spacial score (nSPS) is 11.7. The Morgan fingerprint density at radius 3 is 2.85 bits per heavy atom. The summed E-state index contributed by atoms with van der Waals surface area (Å²) in [5.74, 6) is -1.16. The molecule has 10 heteroatoms. The van der Waals surface area contributed by atoms with Gasteiger partial charge in [-0.25, -0.2) is 22.9 Å². The molecule has 0 aromatic carbocycles. The third-order valence-corrected chi connectivity index (χ3v) is 6.08. The Kier molecular flexibility index (Phi) is 4.58. The van der Waals surface area contributed by atoms with Gasteiger partial charge in [-0.15, -0.1) is 11.3 Å². The van der Waals surface area contributed by atoms with Crippen molar-refractivity contribution in [1.29, 1.82) is 0 Å². The van der Waals surface area contributed by atoms with Gasteiger partial charge in [0.2, 0.25) is 10.0 Å². The minimum atomic E-state index is -3.74. The molecule has 2 rings (SSSR count). The summed E-state index contributed by atoms with van der Waals surface area (Å²) < 4.78 is 28.5. The highest BCUT2D eigenvalue weighted by atomic mass is 79.9. The van der Waals surface area contributed by atoms with E-state index in [9.17, 15) is 13.2 Å². The van der Waals surface area contributed by atoms with E-state index in [-0.39, 0.29) is 20.1 Å². The molecule has 0 saturated heterocycles. The SMILES string of the molecule is O=C(O)c1cc(S(=O)(=O)NCCn2ccnc2)c(Br)s1. The molecule has 108 valence electrons. The van der Waals surface area contributed by atoms with E-state index < -0.39 is 16.0 Å².